The molecule has 1 aromatic carbocycles. The van der Waals surface area contributed by atoms with Crippen LogP contribution in [0.25, 0.3) is 0 Å². The SMILES string of the molecule is O=C1CCC(=CCC(O)c2ccc([N+](=O)[O-])cc2)CC1. The van der Waals surface area contributed by atoms with Crippen molar-refractivity contribution in [3.05, 3.63) is 51.6 Å². The molecular formula is C15H17NO4. The molecule has 1 aliphatic carbocycles. The van der Waals surface area contributed by atoms with E-state index in [1.165, 1.54) is 17.7 Å². The van der Waals surface area contributed by atoms with Crippen molar-refractivity contribution in [2.24, 2.45) is 0 Å². The number of nitro groups is 1. The smallest absolute Gasteiger partial charge is 0.269 e. The first-order valence-electron chi connectivity index (χ1n) is 6.68. The summed E-state index contributed by atoms with van der Waals surface area (Å²) >= 11 is 0. The summed E-state index contributed by atoms with van der Waals surface area (Å²) in [4.78, 5) is 21.2. The molecule has 1 aliphatic rings. The lowest BCUT2D eigenvalue weighted by atomic mass is 9.92. The Morgan fingerprint density at radius 1 is 1.20 bits per heavy atom. The van der Waals surface area contributed by atoms with Crippen molar-refractivity contribution < 1.29 is 14.8 Å². The molecule has 0 bridgehead atoms. The number of carbonyl (C=O) groups excluding carboxylic acids is 1. The van der Waals surface area contributed by atoms with Crippen LogP contribution >= 0.6 is 0 Å². The number of allylic oxidation sites excluding steroid dienone is 1. The highest BCUT2D eigenvalue weighted by Crippen LogP contribution is 2.25. The highest BCUT2D eigenvalue weighted by atomic mass is 16.6. The largest absolute Gasteiger partial charge is 0.388 e. The molecule has 0 amide bonds. The van der Waals surface area contributed by atoms with Gasteiger partial charge in [-0.05, 0) is 37.0 Å². The standard InChI is InChI=1S/C15H17NO4/c17-14-8-1-11(2-9-14)3-10-15(18)12-4-6-13(7-5-12)16(19)20/h3-7,15,18H,1-2,8-10H2. The van der Waals surface area contributed by atoms with Gasteiger partial charge in [0, 0.05) is 25.0 Å². The van der Waals surface area contributed by atoms with Crippen LogP contribution in [0.3, 0.4) is 0 Å². The summed E-state index contributed by atoms with van der Waals surface area (Å²) in [5.74, 6) is 0.304. The fourth-order valence-electron chi connectivity index (χ4n) is 2.29. The average Bonchev–Trinajstić information content (AvgIpc) is 2.46. The van der Waals surface area contributed by atoms with Gasteiger partial charge in [0.2, 0.25) is 0 Å². The van der Waals surface area contributed by atoms with Crippen molar-refractivity contribution >= 4 is 11.5 Å². The fourth-order valence-corrected chi connectivity index (χ4v) is 2.29. The molecule has 1 aromatic rings. The van der Waals surface area contributed by atoms with Gasteiger partial charge in [-0.1, -0.05) is 11.6 Å². The maximum absolute atomic E-state index is 11.1. The lowest BCUT2D eigenvalue weighted by Crippen LogP contribution is -2.06. The number of aliphatic hydroxyl groups is 1. The van der Waals surface area contributed by atoms with E-state index in [0.29, 0.717) is 30.6 Å². The molecule has 0 aliphatic heterocycles. The molecule has 0 aromatic heterocycles. The van der Waals surface area contributed by atoms with E-state index < -0.39 is 11.0 Å². The number of ketones is 1. The number of hydrogen-bond acceptors (Lipinski definition) is 4. The third-order valence-corrected chi connectivity index (χ3v) is 3.57. The molecule has 2 rings (SSSR count). The Kier molecular flexibility index (Phi) is 4.63. The molecular weight excluding hydrogens is 258 g/mol. The second-order valence-electron chi connectivity index (χ2n) is 5.00. The van der Waals surface area contributed by atoms with E-state index >= 15 is 0 Å². The lowest BCUT2D eigenvalue weighted by Gasteiger charge is -2.14. The van der Waals surface area contributed by atoms with E-state index in [9.17, 15) is 20.0 Å². The van der Waals surface area contributed by atoms with E-state index in [0.717, 1.165) is 12.8 Å². The zero-order valence-corrected chi connectivity index (χ0v) is 11.1. The van der Waals surface area contributed by atoms with Crippen molar-refractivity contribution in [2.75, 3.05) is 0 Å². The maximum atomic E-state index is 11.1. The second kappa shape index (κ2) is 6.43. The Balaban J connectivity index is 1.94. The quantitative estimate of drug-likeness (QED) is 0.520. The Morgan fingerprint density at radius 2 is 1.80 bits per heavy atom. The number of hydrogen-bond donors (Lipinski definition) is 1. The van der Waals surface area contributed by atoms with E-state index in [1.807, 2.05) is 6.08 Å². The van der Waals surface area contributed by atoms with Crippen LogP contribution < -0.4 is 0 Å². The van der Waals surface area contributed by atoms with Crippen molar-refractivity contribution in [2.45, 2.75) is 38.2 Å². The first kappa shape index (κ1) is 14.4. The van der Waals surface area contributed by atoms with Crippen molar-refractivity contribution in [3.8, 4) is 0 Å². The van der Waals surface area contributed by atoms with Gasteiger partial charge in [0.25, 0.3) is 5.69 Å². The van der Waals surface area contributed by atoms with Gasteiger partial charge in [0.1, 0.15) is 5.78 Å². The molecule has 1 fully saturated rings. The third-order valence-electron chi connectivity index (χ3n) is 3.57. The highest BCUT2D eigenvalue weighted by Gasteiger charge is 2.14. The summed E-state index contributed by atoms with van der Waals surface area (Å²) < 4.78 is 0. The zero-order valence-electron chi connectivity index (χ0n) is 11.1. The zero-order chi connectivity index (χ0) is 14.5. The van der Waals surface area contributed by atoms with Gasteiger partial charge in [-0.3, -0.25) is 14.9 Å². The first-order valence-corrected chi connectivity index (χ1v) is 6.68. The number of non-ortho nitro benzene ring substituents is 1. The van der Waals surface area contributed by atoms with Crippen LogP contribution in [0.2, 0.25) is 0 Å². The minimum absolute atomic E-state index is 0.0186. The number of nitrogens with zero attached hydrogens (tertiary/aromatic N) is 1. The summed E-state index contributed by atoms with van der Waals surface area (Å²) in [6, 6.07) is 5.94. The molecule has 1 saturated carbocycles. The van der Waals surface area contributed by atoms with Crippen LogP contribution in [0, 0.1) is 10.1 Å². The minimum Gasteiger partial charge on any atom is -0.388 e. The van der Waals surface area contributed by atoms with Crippen LogP contribution in [0.5, 0.6) is 0 Å². The van der Waals surface area contributed by atoms with Gasteiger partial charge in [-0.25, -0.2) is 0 Å². The number of carbonyl (C=O) groups is 1. The predicted molar refractivity (Wildman–Crippen MR) is 74.2 cm³/mol. The van der Waals surface area contributed by atoms with Gasteiger partial charge in [-0.15, -0.1) is 0 Å². The van der Waals surface area contributed by atoms with E-state index in [1.54, 1.807) is 12.1 Å². The van der Waals surface area contributed by atoms with Gasteiger partial charge in [0.05, 0.1) is 11.0 Å². The number of Topliss-reactive ketones (excluding diaryl/α,β-unsaturated/α-hetero) is 1. The molecule has 5 heteroatoms. The number of aliphatic hydroxyl groups excluding tert-OH is 1. The molecule has 0 heterocycles. The topological polar surface area (TPSA) is 80.4 Å². The summed E-state index contributed by atoms with van der Waals surface area (Å²) in [5.41, 5.74) is 1.90. The molecule has 106 valence electrons. The molecule has 5 nitrogen and oxygen atoms in total. The molecule has 1 N–H and O–H groups in total. The predicted octanol–water partition coefficient (Wildman–Crippen LogP) is 3.09. The Bertz CT molecular complexity index is 521. The number of benzene rings is 1. The summed E-state index contributed by atoms with van der Waals surface area (Å²) in [7, 11) is 0. The monoisotopic (exact) mass is 275 g/mol. The average molecular weight is 275 g/mol. The van der Waals surface area contributed by atoms with E-state index in [2.05, 4.69) is 0 Å². The normalized spacial score (nSPS) is 16.9. The Labute approximate surface area is 117 Å². The summed E-state index contributed by atoms with van der Waals surface area (Å²) in [6.07, 6.45) is 4.55. The van der Waals surface area contributed by atoms with Gasteiger partial charge in [0.15, 0.2) is 0 Å². The third kappa shape index (κ3) is 3.74. The van der Waals surface area contributed by atoms with Gasteiger partial charge >= 0.3 is 0 Å². The van der Waals surface area contributed by atoms with Gasteiger partial charge in [-0.2, -0.15) is 0 Å². The fraction of sp³-hybridized carbons (Fsp3) is 0.400. The molecule has 0 saturated heterocycles. The molecule has 1 atom stereocenters. The Morgan fingerprint density at radius 3 is 2.35 bits per heavy atom. The first-order chi connectivity index (χ1) is 9.56. The van der Waals surface area contributed by atoms with Crippen molar-refractivity contribution in [1.29, 1.82) is 0 Å². The highest BCUT2D eigenvalue weighted by molar-refractivity contribution is 5.80. The number of nitro benzene ring substituents is 1. The van der Waals surface area contributed by atoms with Crippen LogP contribution in [0.1, 0.15) is 43.8 Å². The van der Waals surface area contributed by atoms with Crippen LogP contribution in [0.15, 0.2) is 35.9 Å². The molecule has 20 heavy (non-hydrogen) atoms. The molecule has 1 unspecified atom stereocenters. The van der Waals surface area contributed by atoms with Crippen molar-refractivity contribution in [3.63, 3.8) is 0 Å². The molecule has 0 spiro atoms. The van der Waals surface area contributed by atoms with Crippen molar-refractivity contribution in [1.82, 2.24) is 0 Å². The van der Waals surface area contributed by atoms with E-state index in [-0.39, 0.29) is 5.69 Å². The maximum Gasteiger partial charge on any atom is 0.269 e. The molecule has 0 radical (unpaired) electrons. The minimum atomic E-state index is -0.666. The summed E-state index contributed by atoms with van der Waals surface area (Å²) in [5, 5.41) is 20.6. The van der Waals surface area contributed by atoms with Crippen LogP contribution in [-0.2, 0) is 4.79 Å². The van der Waals surface area contributed by atoms with Crippen LogP contribution in [-0.4, -0.2) is 15.8 Å². The summed E-state index contributed by atoms with van der Waals surface area (Å²) in [6.45, 7) is 0. The van der Waals surface area contributed by atoms with Crippen LogP contribution in [0.4, 0.5) is 5.69 Å². The van der Waals surface area contributed by atoms with E-state index in [4.69, 9.17) is 0 Å². The number of rotatable bonds is 4. The van der Waals surface area contributed by atoms with Gasteiger partial charge < -0.3 is 5.11 Å². The lowest BCUT2D eigenvalue weighted by molar-refractivity contribution is -0.384. The second-order valence-corrected chi connectivity index (χ2v) is 5.00. The Hall–Kier alpha value is -2.01.